The van der Waals surface area contributed by atoms with Gasteiger partial charge in [-0.05, 0) is 38.5 Å². The third-order valence-corrected chi connectivity index (χ3v) is 4.03. The van der Waals surface area contributed by atoms with Crippen LogP contribution in [-0.4, -0.2) is 30.9 Å². The zero-order chi connectivity index (χ0) is 13.6. The van der Waals surface area contributed by atoms with E-state index in [1.165, 1.54) is 0 Å². The Morgan fingerprint density at radius 3 is 2.50 bits per heavy atom. The fraction of sp³-hybridized carbons (Fsp3) is 0.846. The molecule has 4 nitrogen and oxygen atoms in total. The molecule has 0 heterocycles. The second-order valence-electron chi connectivity index (χ2n) is 5.09. The molecule has 0 spiro atoms. The average molecular weight is 276 g/mol. The lowest BCUT2D eigenvalue weighted by atomic mass is 9.68. The highest BCUT2D eigenvalue weighted by Crippen LogP contribution is 2.39. The van der Waals surface area contributed by atoms with Gasteiger partial charge in [0.2, 0.25) is 0 Å². The lowest BCUT2D eigenvalue weighted by molar-refractivity contribution is -0.128. The first-order valence-electron chi connectivity index (χ1n) is 6.54. The molecule has 1 aliphatic carbocycles. The highest BCUT2D eigenvalue weighted by molar-refractivity contribution is 6.28. The number of hydrogen-bond acceptors (Lipinski definition) is 3. The van der Waals surface area contributed by atoms with E-state index in [0.717, 1.165) is 25.7 Å². The molecular weight excluding hydrogens is 254 g/mol. The van der Waals surface area contributed by atoms with Crippen LogP contribution in [0, 0.1) is 11.3 Å². The number of amides is 1. The van der Waals surface area contributed by atoms with Crippen LogP contribution in [0.1, 0.15) is 39.5 Å². The Bertz CT molecular complexity index is 299. The molecule has 1 rings (SSSR count). The van der Waals surface area contributed by atoms with E-state index in [9.17, 15) is 9.59 Å². The largest absolute Gasteiger partial charge is 0.450 e. The van der Waals surface area contributed by atoms with Gasteiger partial charge in [0.05, 0.1) is 12.5 Å². The monoisotopic (exact) mass is 275 g/mol. The predicted molar refractivity (Wildman–Crippen MR) is 70.8 cm³/mol. The van der Waals surface area contributed by atoms with E-state index in [0.29, 0.717) is 19.1 Å². The van der Waals surface area contributed by atoms with Crippen molar-refractivity contribution in [2.24, 2.45) is 11.3 Å². The van der Waals surface area contributed by atoms with Crippen molar-refractivity contribution in [3.05, 3.63) is 0 Å². The molecule has 1 aliphatic rings. The summed E-state index contributed by atoms with van der Waals surface area (Å²) in [5.74, 6) is 0.690. The van der Waals surface area contributed by atoms with Crippen molar-refractivity contribution in [1.29, 1.82) is 0 Å². The molecular formula is C13H22ClNO3. The first kappa shape index (κ1) is 15.3. The van der Waals surface area contributed by atoms with Crippen LogP contribution in [0.15, 0.2) is 0 Å². The van der Waals surface area contributed by atoms with Gasteiger partial charge < -0.3 is 10.1 Å². The molecule has 0 aromatic rings. The van der Waals surface area contributed by atoms with Gasteiger partial charge in [-0.2, -0.15) is 0 Å². The van der Waals surface area contributed by atoms with Gasteiger partial charge in [0.25, 0.3) is 0 Å². The molecule has 0 aromatic heterocycles. The van der Waals surface area contributed by atoms with E-state index >= 15 is 0 Å². The maximum Gasteiger partial charge on any atom is 0.407 e. The highest BCUT2D eigenvalue weighted by Gasteiger charge is 2.40. The van der Waals surface area contributed by atoms with Crippen LogP contribution in [0.2, 0.25) is 0 Å². The Morgan fingerprint density at radius 1 is 1.39 bits per heavy atom. The van der Waals surface area contributed by atoms with Crippen molar-refractivity contribution in [3.8, 4) is 0 Å². The fourth-order valence-electron chi connectivity index (χ4n) is 2.43. The smallest absolute Gasteiger partial charge is 0.407 e. The van der Waals surface area contributed by atoms with Crippen molar-refractivity contribution in [2.45, 2.75) is 39.5 Å². The Kier molecular flexibility index (Phi) is 5.93. The number of nitrogens with one attached hydrogen (secondary N) is 1. The topological polar surface area (TPSA) is 55.4 Å². The van der Waals surface area contributed by atoms with Crippen molar-refractivity contribution in [2.75, 3.05) is 19.0 Å². The normalized spacial score (nSPS) is 27.6. The zero-order valence-corrected chi connectivity index (χ0v) is 11.9. The maximum absolute atomic E-state index is 12.0. The second-order valence-corrected chi connectivity index (χ2v) is 5.36. The number of carbonyl (C=O) groups excluding carboxylic acids is 2. The predicted octanol–water partition coefficient (Wildman–Crippen LogP) is 2.74. The summed E-state index contributed by atoms with van der Waals surface area (Å²) < 4.78 is 4.82. The van der Waals surface area contributed by atoms with Crippen LogP contribution < -0.4 is 5.32 Å². The lowest BCUT2D eigenvalue weighted by Gasteiger charge is -2.37. The molecule has 0 radical (unpaired) electrons. The van der Waals surface area contributed by atoms with Crippen LogP contribution in [0.3, 0.4) is 0 Å². The minimum Gasteiger partial charge on any atom is -0.450 e. The molecule has 1 fully saturated rings. The Morgan fingerprint density at radius 2 is 2.00 bits per heavy atom. The summed E-state index contributed by atoms with van der Waals surface area (Å²) >= 11 is 5.69. The van der Waals surface area contributed by atoms with E-state index in [4.69, 9.17) is 16.3 Å². The van der Waals surface area contributed by atoms with Gasteiger partial charge in [0.1, 0.15) is 0 Å². The van der Waals surface area contributed by atoms with E-state index < -0.39 is 11.5 Å². The molecule has 0 unspecified atom stereocenters. The summed E-state index contributed by atoms with van der Waals surface area (Å²) in [6.07, 6.45) is 3.15. The molecule has 0 atom stereocenters. The van der Waals surface area contributed by atoms with Crippen molar-refractivity contribution in [3.63, 3.8) is 0 Å². The summed E-state index contributed by atoms with van der Waals surface area (Å²) in [6.45, 7) is 4.61. The molecule has 18 heavy (non-hydrogen) atoms. The number of alkyl halides is 1. The van der Waals surface area contributed by atoms with Gasteiger partial charge in [-0.15, -0.1) is 11.6 Å². The Labute approximate surface area is 113 Å². The first-order valence-corrected chi connectivity index (χ1v) is 7.07. The van der Waals surface area contributed by atoms with Gasteiger partial charge in [-0.3, -0.25) is 4.79 Å². The summed E-state index contributed by atoms with van der Waals surface area (Å²) in [7, 11) is 0. The minimum absolute atomic E-state index is 0.0128. The summed E-state index contributed by atoms with van der Waals surface area (Å²) in [5, 5.41) is 2.68. The third-order valence-electron chi connectivity index (χ3n) is 3.79. The SMILES string of the molecule is CCOC(=O)NCC1(C(=O)CCl)CCC(C)CC1. The summed E-state index contributed by atoms with van der Waals surface area (Å²) in [4.78, 5) is 23.4. The second kappa shape index (κ2) is 6.98. The molecule has 0 aromatic carbocycles. The van der Waals surface area contributed by atoms with Crippen molar-refractivity contribution >= 4 is 23.5 Å². The number of ketones is 1. The first-order chi connectivity index (χ1) is 8.54. The Hall–Kier alpha value is -0.770. The molecule has 0 aliphatic heterocycles. The number of carbonyl (C=O) groups is 2. The fourth-order valence-corrected chi connectivity index (χ4v) is 2.72. The zero-order valence-electron chi connectivity index (χ0n) is 11.1. The van der Waals surface area contributed by atoms with Crippen molar-refractivity contribution < 1.29 is 14.3 Å². The maximum atomic E-state index is 12.0. The van der Waals surface area contributed by atoms with Gasteiger partial charge >= 0.3 is 6.09 Å². The minimum atomic E-state index is -0.485. The number of hydrogen-bond donors (Lipinski definition) is 1. The van der Waals surface area contributed by atoms with Gasteiger partial charge in [-0.25, -0.2) is 4.79 Å². The van der Waals surface area contributed by atoms with Crippen LogP contribution in [-0.2, 0) is 9.53 Å². The molecule has 1 amide bonds. The van der Waals surface area contributed by atoms with E-state index in [1.807, 2.05) is 0 Å². The molecule has 0 bridgehead atoms. The number of rotatable bonds is 5. The van der Waals surface area contributed by atoms with Crippen LogP contribution in [0.25, 0.3) is 0 Å². The van der Waals surface area contributed by atoms with Crippen molar-refractivity contribution in [1.82, 2.24) is 5.32 Å². The van der Waals surface area contributed by atoms with Crippen LogP contribution >= 0.6 is 11.6 Å². The van der Waals surface area contributed by atoms with Crippen LogP contribution in [0.5, 0.6) is 0 Å². The number of halogens is 1. The molecule has 1 saturated carbocycles. The highest BCUT2D eigenvalue weighted by atomic mass is 35.5. The average Bonchev–Trinajstić information content (AvgIpc) is 2.38. The summed E-state index contributed by atoms with van der Waals surface area (Å²) in [5.41, 5.74) is -0.485. The molecule has 1 N–H and O–H groups in total. The lowest BCUT2D eigenvalue weighted by Crippen LogP contribution is -2.46. The quantitative estimate of drug-likeness (QED) is 0.785. The Balaban J connectivity index is 2.61. The number of ether oxygens (including phenoxy) is 1. The third kappa shape index (κ3) is 3.87. The van der Waals surface area contributed by atoms with E-state index in [2.05, 4.69) is 12.2 Å². The molecule has 104 valence electrons. The molecule has 5 heteroatoms. The van der Waals surface area contributed by atoms with E-state index in [-0.39, 0.29) is 11.7 Å². The standard InChI is InChI=1S/C13H22ClNO3/c1-3-18-12(17)15-9-13(11(16)8-14)6-4-10(2)5-7-13/h10H,3-9H2,1-2H3,(H,15,17). The summed E-state index contributed by atoms with van der Waals surface area (Å²) in [6, 6.07) is 0. The number of Topliss-reactive ketones (excluding diaryl/α,β-unsaturated/α-hetero) is 1. The van der Waals surface area contributed by atoms with Gasteiger partial charge in [-0.1, -0.05) is 6.92 Å². The van der Waals surface area contributed by atoms with Gasteiger partial charge in [0.15, 0.2) is 5.78 Å². The van der Waals surface area contributed by atoms with E-state index in [1.54, 1.807) is 6.92 Å². The van der Waals surface area contributed by atoms with Crippen LogP contribution in [0.4, 0.5) is 4.79 Å². The number of alkyl carbamates (subject to hydrolysis) is 1. The molecule has 0 saturated heterocycles. The van der Waals surface area contributed by atoms with Gasteiger partial charge in [0, 0.05) is 12.0 Å².